The summed E-state index contributed by atoms with van der Waals surface area (Å²) in [5.41, 5.74) is 0.604. The van der Waals surface area contributed by atoms with Crippen LogP contribution in [0.5, 0.6) is 0 Å². The molecule has 1 aliphatic heterocycles. The van der Waals surface area contributed by atoms with Gasteiger partial charge < -0.3 is 14.2 Å². The molecule has 1 aromatic carbocycles. The van der Waals surface area contributed by atoms with Crippen molar-refractivity contribution in [3.05, 3.63) is 59.3 Å². The van der Waals surface area contributed by atoms with Crippen LogP contribution in [0.4, 0.5) is 10.1 Å². The first-order valence-electron chi connectivity index (χ1n) is 9.57. The highest BCUT2D eigenvalue weighted by Gasteiger charge is 2.36. The van der Waals surface area contributed by atoms with Crippen molar-refractivity contribution < 1.29 is 13.6 Å². The number of piperazine rings is 1. The number of halogens is 1. The van der Waals surface area contributed by atoms with Gasteiger partial charge in [-0.2, -0.15) is 5.26 Å². The second-order valence-corrected chi connectivity index (χ2v) is 7.46. The Morgan fingerprint density at radius 2 is 1.93 bits per heavy atom. The number of carbonyl (C=O) groups is 1. The van der Waals surface area contributed by atoms with E-state index in [0.717, 1.165) is 12.2 Å². The molecule has 0 spiro atoms. The normalized spacial score (nSPS) is 22.1. The summed E-state index contributed by atoms with van der Waals surface area (Å²) in [6, 6.07) is 12.4. The summed E-state index contributed by atoms with van der Waals surface area (Å²) < 4.78 is 19.7. The van der Waals surface area contributed by atoms with Gasteiger partial charge in [-0.05, 0) is 36.6 Å². The molecule has 28 heavy (non-hydrogen) atoms. The molecule has 1 aliphatic carbocycles. The molecule has 2 aromatic rings. The monoisotopic (exact) mass is 379 g/mol. The summed E-state index contributed by atoms with van der Waals surface area (Å²) >= 11 is 0. The van der Waals surface area contributed by atoms with Gasteiger partial charge in [-0.1, -0.05) is 19.1 Å². The number of benzene rings is 1. The predicted molar refractivity (Wildman–Crippen MR) is 104 cm³/mol. The lowest BCUT2D eigenvalue weighted by molar-refractivity contribution is -0.126. The van der Waals surface area contributed by atoms with E-state index in [2.05, 4.69) is 6.92 Å². The van der Waals surface area contributed by atoms with Crippen molar-refractivity contribution in [3.63, 3.8) is 0 Å². The Morgan fingerprint density at radius 1 is 1.21 bits per heavy atom. The Balaban J connectivity index is 1.41. The molecule has 5 nitrogen and oxygen atoms in total. The van der Waals surface area contributed by atoms with Crippen LogP contribution in [-0.2, 0) is 4.79 Å². The molecule has 0 N–H and O–H groups in total. The lowest BCUT2D eigenvalue weighted by Crippen LogP contribution is -2.49. The molecule has 2 fully saturated rings. The van der Waals surface area contributed by atoms with E-state index in [1.807, 2.05) is 17.0 Å². The van der Waals surface area contributed by atoms with Crippen LogP contribution in [0.3, 0.4) is 0 Å². The van der Waals surface area contributed by atoms with Crippen LogP contribution in [0, 0.1) is 23.1 Å². The summed E-state index contributed by atoms with van der Waals surface area (Å²) in [7, 11) is 0. The van der Waals surface area contributed by atoms with Gasteiger partial charge in [-0.15, -0.1) is 0 Å². The minimum absolute atomic E-state index is 0.0593. The molecule has 1 amide bonds. The van der Waals surface area contributed by atoms with Crippen LogP contribution >= 0.6 is 0 Å². The van der Waals surface area contributed by atoms with Gasteiger partial charge in [0.25, 0.3) is 5.91 Å². The van der Waals surface area contributed by atoms with Gasteiger partial charge >= 0.3 is 0 Å². The lowest BCUT2D eigenvalue weighted by atomic mass is 10.2. The summed E-state index contributed by atoms with van der Waals surface area (Å²) in [4.78, 5) is 16.3. The highest BCUT2D eigenvalue weighted by molar-refractivity contribution is 6.01. The molecule has 2 atom stereocenters. The Bertz CT molecular complexity index is 951. The molecular weight excluding hydrogens is 357 g/mol. The smallest absolute Gasteiger partial charge is 0.264 e. The third-order valence-corrected chi connectivity index (χ3v) is 5.52. The maximum Gasteiger partial charge on any atom is 0.264 e. The van der Waals surface area contributed by atoms with Gasteiger partial charge in [-0.25, -0.2) is 4.39 Å². The number of carbonyl (C=O) groups excluding carboxylic acids is 1. The van der Waals surface area contributed by atoms with Gasteiger partial charge in [0.15, 0.2) is 0 Å². The number of nitriles is 1. The van der Waals surface area contributed by atoms with Gasteiger partial charge in [0, 0.05) is 38.2 Å². The Kier molecular flexibility index (Phi) is 4.91. The fourth-order valence-corrected chi connectivity index (χ4v) is 3.68. The quantitative estimate of drug-likeness (QED) is 0.599. The van der Waals surface area contributed by atoms with Gasteiger partial charge in [0.05, 0.1) is 5.69 Å². The van der Waals surface area contributed by atoms with Crippen LogP contribution in [-0.4, -0.2) is 37.0 Å². The first-order valence-corrected chi connectivity index (χ1v) is 9.57. The molecule has 0 radical (unpaired) electrons. The lowest BCUT2D eigenvalue weighted by Gasteiger charge is -2.36. The molecule has 1 aromatic heterocycles. The van der Waals surface area contributed by atoms with E-state index in [-0.39, 0.29) is 17.3 Å². The zero-order valence-electron chi connectivity index (χ0n) is 15.8. The summed E-state index contributed by atoms with van der Waals surface area (Å²) in [6.07, 6.45) is 2.63. The van der Waals surface area contributed by atoms with Crippen molar-refractivity contribution in [2.75, 3.05) is 31.1 Å². The summed E-state index contributed by atoms with van der Waals surface area (Å²) in [5, 5.41) is 9.46. The van der Waals surface area contributed by atoms with Crippen molar-refractivity contribution >= 4 is 17.7 Å². The van der Waals surface area contributed by atoms with E-state index in [1.165, 1.54) is 12.1 Å². The number of furan rings is 1. The number of rotatable bonds is 4. The second-order valence-electron chi connectivity index (χ2n) is 7.46. The average molecular weight is 379 g/mol. The highest BCUT2D eigenvalue weighted by atomic mass is 19.1. The van der Waals surface area contributed by atoms with E-state index in [0.29, 0.717) is 49.5 Å². The largest absolute Gasteiger partial charge is 0.461 e. The standard InChI is InChI=1S/C22H22FN3O2/c1-15-12-18(15)21-7-6-17(28-21)13-16(14-24)22(27)26-10-8-25(9-11-26)20-5-3-2-4-19(20)23/h2-7,13,15,18H,8-12H2,1H3/b16-13+/t15-,18-/m1/s1. The predicted octanol–water partition coefficient (Wildman–Crippen LogP) is 3.80. The molecule has 4 rings (SSSR count). The third kappa shape index (κ3) is 3.65. The van der Waals surface area contributed by atoms with Crippen LogP contribution in [0.15, 0.2) is 46.4 Å². The molecule has 1 saturated carbocycles. The van der Waals surface area contributed by atoms with Gasteiger partial charge in [0.2, 0.25) is 0 Å². The van der Waals surface area contributed by atoms with Crippen molar-refractivity contribution in [2.24, 2.45) is 5.92 Å². The Morgan fingerprint density at radius 3 is 2.57 bits per heavy atom. The molecule has 0 unspecified atom stereocenters. The van der Waals surface area contributed by atoms with Crippen LogP contribution in [0.25, 0.3) is 6.08 Å². The topological polar surface area (TPSA) is 60.5 Å². The SMILES string of the molecule is C[C@@H]1C[C@H]1c1ccc(/C=C(\C#N)C(=O)N2CCN(c3ccccc3F)CC2)o1. The molecule has 2 heterocycles. The molecular formula is C22H22FN3O2. The molecule has 144 valence electrons. The van der Waals surface area contributed by atoms with Crippen LogP contribution < -0.4 is 4.90 Å². The van der Waals surface area contributed by atoms with Crippen LogP contribution in [0.2, 0.25) is 0 Å². The number of anilines is 1. The van der Waals surface area contributed by atoms with Gasteiger partial charge in [0.1, 0.15) is 29.0 Å². The second kappa shape index (κ2) is 7.51. The zero-order chi connectivity index (χ0) is 19.7. The van der Waals surface area contributed by atoms with Crippen LogP contribution in [0.1, 0.15) is 30.8 Å². The van der Waals surface area contributed by atoms with Gasteiger partial charge in [-0.3, -0.25) is 4.79 Å². The summed E-state index contributed by atoms with van der Waals surface area (Å²) in [6.45, 7) is 4.10. The fourth-order valence-electron chi connectivity index (χ4n) is 3.68. The van der Waals surface area contributed by atoms with E-state index in [1.54, 1.807) is 29.2 Å². The first-order chi connectivity index (χ1) is 13.6. The Hall–Kier alpha value is -3.07. The van der Waals surface area contributed by atoms with Crippen molar-refractivity contribution in [2.45, 2.75) is 19.3 Å². The van der Waals surface area contributed by atoms with E-state index >= 15 is 0 Å². The highest BCUT2D eigenvalue weighted by Crippen LogP contribution is 2.47. The van der Waals surface area contributed by atoms with E-state index in [4.69, 9.17) is 4.42 Å². The summed E-state index contributed by atoms with van der Waals surface area (Å²) in [5.74, 6) is 1.96. The third-order valence-electron chi connectivity index (χ3n) is 5.52. The number of para-hydroxylation sites is 1. The number of hydrogen-bond donors (Lipinski definition) is 0. The minimum Gasteiger partial charge on any atom is -0.461 e. The number of hydrogen-bond acceptors (Lipinski definition) is 4. The van der Waals surface area contributed by atoms with Crippen molar-refractivity contribution in [1.29, 1.82) is 5.26 Å². The molecule has 2 aliphatic rings. The first kappa shape index (κ1) is 18.3. The van der Waals surface area contributed by atoms with Crippen molar-refractivity contribution in [3.8, 4) is 6.07 Å². The fraction of sp³-hybridized carbons (Fsp3) is 0.364. The van der Waals surface area contributed by atoms with E-state index < -0.39 is 0 Å². The van der Waals surface area contributed by atoms with E-state index in [9.17, 15) is 14.4 Å². The average Bonchev–Trinajstić information content (AvgIpc) is 3.26. The molecule has 6 heteroatoms. The zero-order valence-corrected chi connectivity index (χ0v) is 15.8. The Labute approximate surface area is 163 Å². The molecule has 0 bridgehead atoms. The number of nitrogens with zero attached hydrogens (tertiary/aromatic N) is 3. The maximum absolute atomic E-state index is 14.0. The molecule has 1 saturated heterocycles. The van der Waals surface area contributed by atoms with Crippen molar-refractivity contribution in [1.82, 2.24) is 4.90 Å². The maximum atomic E-state index is 14.0. The number of amides is 1. The minimum atomic E-state index is -0.312.